The van der Waals surface area contributed by atoms with Crippen LogP contribution in [0.1, 0.15) is 44.9 Å². The van der Waals surface area contributed by atoms with Crippen molar-refractivity contribution >= 4 is 5.78 Å². The molecule has 2 fully saturated rings. The minimum absolute atomic E-state index is 0.517. The molecule has 2 rings (SSSR count). The fraction of sp³-hybridized carbons (Fsp3) is 0.917. The molecule has 2 aliphatic rings. The van der Waals surface area contributed by atoms with E-state index in [2.05, 4.69) is 5.32 Å². The molecule has 0 radical (unpaired) electrons. The van der Waals surface area contributed by atoms with E-state index in [1.165, 1.54) is 32.1 Å². The maximum Gasteiger partial charge on any atom is 0.133 e. The monoisotopic (exact) mass is 195 g/mol. The van der Waals surface area contributed by atoms with Crippen molar-refractivity contribution in [3.63, 3.8) is 0 Å². The van der Waals surface area contributed by atoms with Gasteiger partial charge in [-0.1, -0.05) is 19.3 Å². The molecule has 1 unspecified atom stereocenters. The van der Waals surface area contributed by atoms with Crippen molar-refractivity contribution < 1.29 is 4.79 Å². The number of hydrogen-bond donors (Lipinski definition) is 1. The van der Waals surface area contributed by atoms with E-state index in [1.54, 1.807) is 0 Å². The summed E-state index contributed by atoms with van der Waals surface area (Å²) in [5, 5.41) is 3.37. The molecule has 2 nitrogen and oxygen atoms in total. The fourth-order valence-electron chi connectivity index (χ4n) is 2.52. The maximum absolute atomic E-state index is 11.7. The Bertz CT molecular complexity index is 192. The van der Waals surface area contributed by atoms with Crippen LogP contribution in [-0.4, -0.2) is 18.9 Å². The summed E-state index contributed by atoms with van der Waals surface area (Å²) < 4.78 is 0. The number of Topliss-reactive ketones (excluding diaryl/α,β-unsaturated/α-hetero) is 1. The van der Waals surface area contributed by atoms with Gasteiger partial charge in [0.1, 0.15) is 5.78 Å². The van der Waals surface area contributed by atoms with Gasteiger partial charge < -0.3 is 5.32 Å². The van der Waals surface area contributed by atoms with Crippen LogP contribution in [0.3, 0.4) is 0 Å². The number of nitrogens with one attached hydrogen (secondary N) is 1. The van der Waals surface area contributed by atoms with E-state index >= 15 is 0 Å². The highest BCUT2D eigenvalue weighted by molar-refractivity contribution is 5.79. The molecule has 14 heavy (non-hydrogen) atoms. The van der Waals surface area contributed by atoms with Crippen molar-refractivity contribution in [2.24, 2.45) is 11.8 Å². The van der Waals surface area contributed by atoms with Crippen LogP contribution in [0.2, 0.25) is 0 Å². The summed E-state index contributed by atoms with van der Waals surface area (Å²) in [6.45, 7) is 2.21. The van der Waals surface area contributed by atoms with E-state index in [4.69, 9.17) is 0 Å². The van der Waals surface area contributed by atoms with Gasteiger partial charge in [0, 0.05) is 12.8 Å². The molecular formula is C12H21NO. The first kappa shape index (κ1) is 10.2. The number of carbonyl (C=O) groups excluding carboxylic acids is 1. The first-order valence-electron chi connectivity index (χ1n) is 6.07. The second-order valence-electron chi connectivity index (χ2n) is 4.96. The molecular weight excluding hydrogens is 174 g/mol. The predicted octanol–water partition coefficient (Wildman–Crippen LogP) is 2.14. The Morgan fingerprint density at radius 2 is 1.79 bits per heavy atom. The molecule has 1 saturated heterocycles. The molecule has 0 aromatic heterocycles. The van der Waals surface area contributed by atoms with Gasteiger partial charge in [0.2, 0.25) is 0 Å². The average molecular weight is 195 g/mol. The lowest BCUT2D eigenvalue weighted by Crippen LogP contribution is -2.31. The van der Waals surface area contributed by atoms with Crippen molar-refractivity contribution in [2.75, 3.05) is 13.1 Å². The third-order valence-corrected chi connectivity index (χ3v) is 3.66. The van der Waals surface area contributed by atoms with Crippen molar-refractivity contribution in [1.29, 1.82) is 0 Å². The van der Waals surface area contributed by atoms with Crippen LogP contribution >= 0.6 is 0 Å². The molecule has 1 N–H and O–H groups in total. The number of ketones is 1. The Hall–Kier alpha value is -0.370. The van der Waals surface area contributed by atoms with Crippen molar-refractivity contribution in [3.8, 4) is 0 Å². The van der Waals surface area contributed by atoms with Gasteiger partial charge in [0.25, 0.3) is 0 Å². The standard InChI is InChI=1S/C12H21NO/c14-12(7-10-3-1-4-10)8-11-5-2-6-13-9-11/h10-11,13H,1-9H2. The normalized spacial score (nSPS) is 28.4. The van der Waals surface area contributed by atoms with Crippen LogP contribution in [0.5, 0.6) is 0 Å². The van der Waals surface area contributed by atoms with Gasteiger partial charge >= 0.3 is 0 Å². The molecule has 0 aromatic rings. The summed E-state index contributed by atoms with van der Waals surface area (Å²) in [5.41, 5.74) is 0. The molecule has 0 bridgehead atoms. The highest BCUT2D eigenvalue weighted by Crippen LogP contribution is 2.30. The Labute approximate surface area is 86.5 Å². The molecule has 0 aromatic carbocycles. The van der Waals surface area contributed by atoms with Crippen LogP contribution < -0.4 is 5.32 Å². The minimum atomic E-state index is 0.517. The van der Waals surface area contributed by atoms with E-state index < -0.39 is 0 Å². The molecule has 1 atom stereocenters. The van der Waals surface area contributed by atoms with Crippen LogP contribution in [0.4, 0.5) is 0 Å². The maximum atomic E-state index is 11.7. The Balaban J connectivity index is 1.64. The van der Waals surface area contributed by atoms with E-state index in [1.807, 2.05) is 0 Å². The van der Waals surface area contributed by atoms with Gasteiger partial charge in [-0.15, -0.1) is 0 Å². The summed E-state index contributed by atoms with van der Waals surface area (Å²) >= 11 is 0. The molecule has 1 aliphatic heterocycles. The number of piperidine rings is 1. The minimum Gasteiger partial charge on any atom is -0.316 e. The third-order valence-electron chi connectivity index (χ3n) is 3.66. The van der Waals surface area contributed by atoms with E-state index in [9.17, 15) is 4.79 Å². The van der Waals surface area contributed by atoms with Crippen molar-refractivity contribution in [3.05, 3.63) is 0 Å². The lowest BCUT2D eigenvalue weighted by molar-refractivity contribution is -0.121. The highest BCUT2D eigenvalue weighted by Gasteiger charge is 2.23. The second-order valence-corrected chi connectivity index (χ2v) is 4.96. The molecule has 2 heteroatoms. The zero-order chi connectivity index (χ0) is 9.80. The highest BCUT2D eigenvalue weighted by atomic mass is 16.1. The molecule has 0 amide bonds. The second kappa shape index (κ2) is 4.92. The summed E-state index contributed by atoms with van der Waals surface area (Å²) in [4.78, 5) is 11.7. The van der Waals surface area contributed by atoms with Gasteiger partial charge in [-0.25, -0.2) is 0 Å². The number of rotatable bonds is 4. The van der Waals surface area contributed by atoms with Crippen molar-refractivity contribution in [1.82, 2.24) is 5.32 Å². The van der Waals surface area contributed by atoms with Crippen LogP contribution in [-0.2, 0) is 4.79 Å². The summed E-state index contributed by atoms with van der Waals surface area (Å²) in [6, 6.07) is 0. The number of hydrogen-bond acceptors (Lipinski definition) is 2. The summed E-state index contributed by atoms with van der Waals surface area (Å²) in [7, 11) is 0. The van der Waals surface area contributed by atoms with E-state index in [0.717, 1.165) is 31.8 Å². The first-order chi connectivity index (χ1) is 6.84. The lowest BCUT2D eigenvalue weighted by Gasteiger charge is -2.26. The molecule has 1 aliphatic carbocycles. The van der Waals surface area contributed by atoms with Gasteiger partial charge in [-0.3, -0.25) is 4.79 Å². The Morgan fingerprint density at radius 1 is 1.07 bits per heavy atom. The van der Waals surface area contributed by atoms with Crippen LogP contribution in [0, 0.1) is 11.8 Å². The van der Waals surface area contributed by atoms with Gasteiger partial charge in [0.15, 0.2) is 0 Å². The van der Waals surface area contributed by atoms with Crippen molar-refractivity contribution in [2.45, 2.75) is 44.9 Å². The van der Waals surface area contributed by atoms with Gasteiger partial charge in [-0.05, 0) is 37.8 Å². The predicted molar refractivity (Wildman–Crippen MR) is 57.2 cm³/mol. The Morgan fingerprint density at radius 3 is 2.36 bits per heavy atom. The van der Waals surface area contributed by atoms with E-state index in [0.29, 0.717) is 11.7 Å². The quantitative estimate of drug-likeness (QED) is 0.744. The molecule has 1 heterocycles. The molecule has 0 spiro atoms. The summed E-state index contributed by atoms with van der Waals surface area (Å²) in [6.07, 6.45) is 8.16. The van der Waals surface area contributed by atoms with Gasteiger partial charge in [0.05, 0.1) is 0 Å². The smallest absolute Gasteiger partial charge is 0.133 e. The first-order valence-corrected chi connectivity index (χ1v) is 6.07. The Kier molecular flexibility index (Phi) is 3.57. The van der Waals surface area contributed by atoms with Gasteiger partial charge in [-0.2, -0.15) is 0 Å². The lowest BCUT2D eigenvalue weighted by atomic mass is 9.80. The molecule has 80 valence electrons. The third kappa shape index (κ3) is 2.81. The van der Waals surface area contributed by atoms with Crippen LogP contribution in [0.25, 0.3) is 0 Å². The van der Waals surface area contributed by atoms with E-state index in [-0.39, 0.29) is 0 Å². The topological polar surface area (TPSA) is 29.1 Å². The molecule has 1 saturated carbocycles. The zero-order valence-corrected chi connectivity index (χ0v) is 8.93. The number of carbonyl (C=O) groups is 1. The largest absolute Gasteiger partial charge is 0.316 e. The SMILES string of the molecule is O=C(CC1CCC1)CC1CCCNC1. The zero-order valence-electron chi connectivity index (χ0n) is 8.93. The summed E-state index contributed by atoms with van der Waals surface area (Å²) in [5.74, 6) is 1.90. The van der Waals surface area contributed by atoms with Crippen LogP contribution in [0.15, 0.2) is 0 Å². The average Bonchev–Trinajstić information content (AvgIpc) is 2.13. The fourth-order valence-corrected chi connectivity index (χ4v) is 2.52.